The number of anilines is 1. The summed E-state index contributed by atoms with van der Waals surface area (Å²) in [5.41, 5.74) is 3.04. The molecule has 2 N–H and O–H groups in total. The zero-order chi connectivity index (χ0) is 19.4. The van der Waals surface area contributed by atoms with Gasteiger partial charge in [-0.25, -0.2) is 9.97 Å². The minimum atomic E-state index is 0.00969. The summed E-state index contributed by atoms with van der Waals surface area (Å²) in [4.78, 5) is 21.8. The Kier molecular flexibility index (Phi) is 6.05. The second-order valence-electron chi connectivity index (χ2n) is 7.04. The molecule has 0 bridgehead atoms. The standard InChI is InChI=1S/C19H26N6OS/c1-12(2)10-25-14(4)16(13(3)24-25)9-17(26)20-6-7-21-18-15-5-8-27-19(15)23-11-22-18/h5,8,11-12H,6-7,9-10H2,1-4H3,(H,20,26)(H,21,22,23). The average molecular weight is 387 g/mol. The maximum atomic E-state index is 12.3. The van der Waals surface area contributed by atoms with Crippen LogP contribution < -0.4 is 10.6 Å². The number of carbonyl (C=O) groups excluding carboxylic acids is 1. The molecule has 3 aromatic heterocycles. The van der Waals surface area contributed by atoms with E-state index >= 15 is 0 Å². The summed E-state index contributed by atoms with van der Waals surface area (Å²) >= 11 is 1.59. The molecular weight excluding hydrogens is 360 g/mol. The van der Waals surface area contributed by atoms with E-state index in [4.69, 9.17) is 0 Å². The van der Waals surface area contributed by atoms with Crippen molar-refractivity contribution in [3.8, 4) is 0 Å². The number of nitrogens with zero attached hydrogens (tertiary/aromatic N) is 4. The number of carbonyl (C=O) groups is 1. The largest absolute Gasteiger partial charge is 0.368 e. The summed E-state index contributed by atoms with van der Waals surface area (Å²) in [6.45, 7) is 10.3. The van der Waals surface area contributed by atoms with Crippen molar-refractivity contribution in [1.29, 1.82) is 0 Å². The quantitative estimate of drug-likeness (QED) is 0.582. The van der Waals surface area contributed by atoms with Crippen LogP contribution in [0.5, 0.6) is 0 Å². The maximum Gasteiger partial charge on any atom is 0.224 e. The Morgan fingerprint density at radius 1 is 1.26 bits per heavy atom. The fourth-order valence-corrected chi connectivity index (χ4v) is 3.78. The van der Waals surface area contributed by atoms with Gasteiger partial charge in [-0.1, -0.05) is 13.8 Å². The zero-order valence-electron chi connectivity index (χ0n) is 16.2. The molecular formula is C19H26N6OS. The lowest BCUT2D eigenvalue weighted by molar-refractivity contribution is -0.120. The van der Waals surface area contributed by atoms with Crippen LogP contribution in [-0.4, -0.2) is 38.7 Å². The van der Waals surface area contributed by atoms with Gasteiger partial charge in [0.1, 0.15) is 17.0 Å². The monoisotopic (exact) mass is 386 g/mol. The van der Waals surface area contributed by atoms with Gasteiger partial charge in [0.2, 0.25) is 5.91 Å². The maximum absolute atomic E-state index is 12.3. The molecule has 3 heterocycles. The average Bonchev–Trinajstić information content (AvgIpc) is 3.19. The summed E-state index contributed by atoms with van der Waals surface area (Å²) in [6.07, 6.45) is 1.91. The molecule has 0 fully saturated rings. The molecule has 3 rings (SSSR count). The Morgan fingerprint density at radius 2 is 2.07 bits per heavy atom. The Labute approximate surface area is 163 Å². The predicted molar refractivity (Wildman–Crippen MR) is 109 cm³/mol. The molecule has 0 aliphatic rings. The number of thiophene rings is 1. The molecule has 7 nitrogen and oxygen atoms in total. The first-order chi connectivity index (χ1) is 13.0. The van der Waals surface area contributed by atoms with Crippen molar-refractivity contribution in [2.45, 2.75) is 40.7 Å². The van der Waals surface area contributed by atoms with E-state index < -0.39 is 0 Å². The predicted octanol–water partition coefficient (Wildman–Crippen LogP) is 2.93. The number of hydrogen-bond donors (Lipinski definition) is 2. The van der Waals surface area contributed by atoms with Gasteiger partial charge in [0.05, 0.1) is 17.5 Å². The van der Waals surface area contributed by atoms with Crippen molar-refractivity contribution in [3.05, 3.63) is 34.7 Å². The number of hydrogen-bond acceptors (Lipinski definition) is 6. The third-order valence-electron chi connectivity index (χ3n) is 4.41. The van der Waals surface area contributed by atoms with E-state index in [0.29, 0.717) is 25.4 Å². The smallest absolute Gasteiger partial charge is 0.224 e. The van der Waals surface area contributed by atoms with Gasteiger partial charge in [0, 0.05) is 30.9 Å². The van der Waals surface area contributed by atoms with Crippen LogP contribution in [0.2, 0.25) is 0 Å². The second kappa shape index (κ2) is 8.47. The lowest BCUT2D eigenvalue weighted by Crippen LogP contribution is -2.30. The minimum absolute atomic E-state index is 0.00969. The molecule has 0 aromatic carbocycles. The van der Waals surface area contributed by atoms with Crippen LogP contribution in [-0.2, 0) is 17.8 Å². The van der Waals surface area contributed by atoms with Crippen molar-refractivity contribution >= 4 is 33.3 Å². The molecule has 144 valence electrons. The van der Waals surface area contributed by atoms with Crippen molar-refractivity contribution in [1.82, 2.24) is 25.1 Å². The van der Waals surface area contributed by atoms with Crippen LogP contribution in [0, 0.1) is 19.8 Å². The number of nitrogens with one attached hydrogen (secondary N) is 2. The summed E-state index contributed by atoms with van der Waals surface area (Å²) in [6, 6.07) is 2.00. The van der Waals surface area contributed by atoms with Crippen LogP contribution in [0.4, 0.5) is 5.82 Å². The van der Waals surface area contributed by atoms with E-state index in [1.807, 2.05) is 30.0 Å². The topological polar surface area (TPSA) is 84.7 Å². The van der Waals surface area contributed by atoms with Gasteiger partial charge in [-0.3, -0.25) is 9.48 Å². The second-order valence-corrected chi connectivity index (χ2v) is 7.94. The van der Waals surface area contributed by atoms with E-state index in [-0.39, 0.29) is 5.91 Å². The summed E-state index contributed by atoms with van der Waals surface area (Å²) in [5, 5.41) is 13.8. The van der Waals surface area contributed by atoms with Gasteiger partial charge in [-0.2, -0.15) is 5.10 Å². The van der Waals surface area contributed by atoms with Crippen LogP contribution in [0.25, 0.3) is 10.2 Å². The van der Waals surface area contributed by atoms with Crippen molar-refractivity contribution in [3.63, 3.8) is 0 Å². The highest BCUT2D eigenvalue weighted by molar-refractivity contribution is 7.16. The molecule has 0 saturated carbocycles. The third-order valence-corrected chi connectivity index (χ3v) is 5.23. The highest BCUT2D eigenvalue weighted by atomic mass is 32.1. The number of fused-ring (bicyclic) bond motifs is 1. The molecule has 0 aliphatic carbocycles. The highest BCUT2D eigenvalue weighted by Crippen LogP contribution is 2.23. The van der Waals surface area contributed by atoms with E-state index in [2.05, 4.69) is 39.5 Å². The number of rotatable bonds is 8. The SMILES string of the molecule is Cc1nn(CC(C)C)c(C)c1CC(=O)NCCNc1ncnc2sccc12. The molecule has 0 saturated heterocycles. The lowest BCUT2D eigenvalue weighted by atomic mass is 10.1. The number of aromatic nitrogens is 4. The first-order valence-corrected chi connectivity index (χ1v) is 10.0. The van der Waals surface area contributed by atoms with Gasteiger partial charge >= 0.3 is 0 Å². The van der Waals surface area contributed by atoms with Gasteiger partial charge in [0.25, 0.3) is 0 Å². The molecule has 0 radical (unpaired) electrons. The molecule has 8 heteroatoms. The minimum Gasteiger partial charge on any atom is -0.368 e. The van der Waals surface area contributed by atoms with Crippen molar-refractivity contribution in [2.75, 3.05) is 18.4 Å². The van der Waals surface area contributed by atoms with Crippen molar-refractivity contribution < 1.29 is 4.79 Å². The first kappa shape index (κ1) is 19.3. The Balaban J connectivity index is 1.50. The molecule has 3 aromatic rings. The molecule has 0 unspecified atom stereocenters. The summed E-state index contributed by atoms with van der Waals surface area (Å²) in [7, 11) is 0. The van der Waals surface area contributed by atoms with E-state index in [9.17, 15) is 4.79 Å². The Bertz CT molecular complexity index is 930. The number of aryl methyl sites for hydroxylation is 1. The summed E-state index contributed by atoms with van der Waals surface area (Å²) < 4.78 is 2.01. The molecule has 0 atom stereocenters. The van der Waals surface area contributed by atoms with E-state index in [1.165, 1.54) is 0 Å². The molecule has 0 aliphatic heterocycles. The van der Waals surface area contributed by atoms with E-state index in [0.717, 1.165) is 39.5 Å². The Morgan fingerprint density at radius 3 is 2.85 bits per heavy atom. The van der Waals surface area contributed by atoms with Crippen LogP contribution in [0.1, 0.15) is 30.8 Å². The highest BCUT2D eigenvalue weighted by Gasteiger charge is 2.15. The van der Waals surface area contributed by atoms with Crippen LogP contribution >= 0.6 is 11.3 Å². The molecule has 1 amide bonds. The molecule has 0 spiro atoms. The van der Waals surface area contributed by atoms with E-state index in [1.54, 1.807) is 17.7 Å². The van der Waals surface area contributed by atoms with Gasteiger partial charge in [0.15, 0.2) is 0 Å². The fraction of sp³-hybridized carbons (Fsp3) is 0.474. The van der Waals surface area contributed by atoms with Crippen molar-refractivity contribution in [2.24, 2.45) is 5.92 Å². The molecule has 27 heavy (non-hydrogen) atoms. The van der Waals surface area contributed by atoms with Gasteiger partial charge in [-0.05, 0) is 31.2 Å². The van der Waals surface area contributed by atoms with Crippen LogP contribution in [0.15, 0.2) is 17.8 Å². The fourth-order valence-electron chi connectivity index (χ4n) is 3.05. The lowest BCUT2D eigenvalue weighted by Gasteiger charge is -2.09. The number of amides is 1. The van der Waals surface area contributed by atoms with Gasteiger partial charge in [-0.15, -0.1) is 11.3 Å². The van der Waals surface area contributed by atoms with Crippen LogP contribution in [0.3, 0.4) is 0 Å². The third kappa shape index (κ3) is 4.63. The zero-order valence-corrected chi connectivity index (χ0v) is 17.1. The summed E-state index contributed by atoms with van der Waals surface area (Å²) in [5.74, 6) is 1.33. The van der Waals surface area contributed by atoms with Gasteiger partial charge < -0.3 is 10.6 Å². The normalized spacial score (nSPS) is 11.3. The first-order valence-electron chi connectivity index (χ1n) is 9.17. The Hall–Kier alpha value is -2.48.